The third kappa shape index (κ3) is 4.81. The first kappa shape index (κ1) is 20.1. The Bertz CT molecular complexity index is 969. The molecule has 1 heterocycles. The van der Waals surface area contributed by atoms with Crippen LogP contribution in [0, 0.1) is 0 Å². The van der Waals surface area contributed by atoms with Gasteiger partial charge in [0.05, 0.1) is 20.3 Å². The van der Waals surface area contributed by atoms with Crippen molar-refractivity contribution >= 4 is 11.6 Å². The van der Waals surface area contributed by atoms with Crippen molar-refractivity contribution in [2.24, 2.45) is 0 Å². The third-order valence-electron chi connectivity index (χ3n) is 4.18. The molecule has 0 fully saturated rings. The fourth-order valence-corrected chi connectivity index (χ4v) is 2.68. The zero-order chi connectivity index (χ0) is 20.8. The summed E-state index contributed by atoms with van der Waals surface area (Å²) in [7, 11) is 3.10. The lowest BCUT2D eigenvalue weighted by atomic mass is 10.2. The van der Waals surface area contributed by atoms with Crippen LogP contribution in [-0.2, 0) is 6.61 Å². The summed E-state index contributed by atoms with van der Waals surface area (Å²) in [5.41, 5.74) is 1.10. The minimum Gasteiger partial charge on any atom is -0.493 e. The van der Waals surface area contributed by atoms with Crippen molar-refractivity contribution in [3.63, 3.8) is 0 Å². The molecule has 2 aromatic carbocycles. The maximum Gasteiger partial charge on any atom is 0.255 e. The van der Waals surface area contributed by atoms with E-state index in [0.717, 1.165) is 0 Å². The van der Waals surface area contributed by atoms with E-state index < -0.39 is 0 Å². The topological polar surface area (TPSA) is 100 Å². The van der Waals surface area contributed by atoms with E-state index >= 15 is 0 Å². The summed E-state index contributed by atoms with van der Waals surface area (Å²) in [4.78, 5) is 12.5. The van der Waals surface area contributed by atoms with Crippen LogP contribution < -0.4 is 19.5 Å². The largest absolute Gasteiger partial charge is 0.493 e. The molecule has 0 unspecified atom stereocenters. The quantitative estimate of drug-likeness (QED) is 0.623. The number of methoxy groups -OCH3 is 2. The predicted octanol–water partition coefficient (Wildman–Crippen LogP) is 3.10. The van der Waals surface area contributed by atoms with Crippen LogP contribution in [0.1, 0.15) is 36.1 Å². The molecule has 1 amide bonds. The first-order valence-corrected chi connectivity index (χ1v) is 9.04. The van der Waals surface area contributed by atoms with Gasteiger partial charge in [-0.2, -0.15) is 0 Å². The molecule has 0 radical (unpaired) electrons. The van der Waals surface area contributed by atoms with E-state index in [-0.39, 0.29) is 18.6 Å². The van der Waals surface area contributed by atoms with Crippen molar-refractivity contribution in [1.82, 2.24) is 20.2 Å². The summed E-state index contributed by atoms with van der Waals surface area (Å²) in [6.07, 6.45) is 0. The van der Waals surface area contributed by atoms with Crippen molar-refractivity contribution in [3.8, 4) is 17.2 Å². The molecule has 0 aliphatic rings. The molecule has 3 rings (SSSR count). The fraction of sp³-hybridized carbons (Fsp3) is 0.300. The molecule has 0 bridgehead atoms. The molecule has 0 aliphatic heterocycles. The Labute approximate surface area is 168 Å². The number of tetrazole rings is 1. The number of hydrogen-bond acceptors (Lipinski definition) is 7. The third-order valence-corrected chi connectivity index (χ3v) is 4.18. The number of ether oxygens (including phenoxy) is 3. The molecule has 0 saturated heterocycles. The number of hydrogen-bond donors (Lipinski definition) is 1. The number of amides is 1. The van der Waals surface area contributed by atoms with Gasteiger partial charge in [-0.3, -0.25) is 4.79 Å². The molecule has 0 saturated carbocycles. The van der Waals surface area contributed by atoms with Gasteiger partial charge in [0.1, 0.15) is 12.4 Å². The number of nitrogens with one attached hydrogen (secondary N) is 1. The average molecular weight is 397 g/mol. The van der Waals surface area contributed by atoms with Gasteiger partial charge in [-0.25, -0.2) is 4.68 Å². The van der Waals surface area contributed by atoms with E-state index in [1.165, 1.54) is 0 Å². The normalized spacial score (nSPS) is 10.7. The smallest absolute Gasteiger partial charge is 0.255 e. The van der Waals surface area contributed by atoms with Crippen LogP contribution >= 0.6 is 0 Å². The summed E-state index contributed by atoms with van der Waals surface area (Å²) in [5.74, 6) is 2.14. The molecule has 152 valence electrons. The van der Waals surface area contributed by atoms with Crippen LogP contribution in [-0.4, -0.2) is 40.3 Å². The zero-order valence-corrected chi connectivity index (χ0v) is 16.7. The average Bonchev–Trinajstić information content (AvgIpc) is 3.21. The molecule has 1 N–H and O–H groups in total. The summed E-state index contributed by atoms with van der Waals surface area (Å²) < 4.78 is 17.9. The van der Waals surface area contributed by atoms with E-state index in [0.29, 0.717) is 34.3 Å². The summed E-state index contributed by atoms with van der Waals surface area (Å²) in [5, 5.41) is 14.4. The number of aromatic nitrogens is 4. The summed E-state index contributed by atoms with van der Waals surface area (Å²) in [6.45, 7) is 4.22. The number of benzene rings is 2. The van der Waals surface area contributed by atoms with Crippen molar-refractivity contribution in [3.05, 3.63) is 53.9 Å². The number of carbonyl (C=O) groups is 1. The highest BCUT2D eigenvalue weighted by atomic mass is 16.5. The van der Waals surface area contributed by atoms with Crippen LogP contribution in [0.2, 0.25) is 0 Å². The number of carbonyl (C=O) groups excluding carboxylic acids is 1. The van der Waals surface area contributed by atoms with Gasteiger partial charge in [-0.15, -0.1) is 5.10 Å². The van der Waals surface area contributed by atoms with E-state index in [1.54, 1.807) is 61.4 Å². The Kier molecular flexibility index (Phi) is 6.28. The van der Waals surface area contributed by atoms with Gasteiger partial charge in [0, 0.05) is 17.3 Å². The zero-order valence-electron chi connectivity index (χ0n) is 16.7. The van der Waals surface area contributed by atoms with E-state index in [9.17, 15) is 4.79 Å². The van der Waals surface area contributed by atoms with Crippen molar-refractivity contribution < 1.29 is 19.0 Å². The molecule has 9 nitrogen and oxygen atoms in total. The van der Waals surface area contributed by atoms with Gasteiger partial charge in [0.25, 0.3) is 5.91 Å². The summed E-state index contributed by atoms with van der Waals surface area (Å²) >= 11 is 0. The maximum atomic E-state index is 12.5. The highest BCUT2D eigenvalue weighted by molar-refractivity contribution is 6.04. The number of rotatable bonds is 8. The first-order valence-electron chi connectivity index (χ1n) is 9.04. The predicted molar refractivity (Wildman–Crippen MR) is 106 cm³/mol. The van der Waals surface area contributed by atoms with Gasteiger partial charge in [0.15, 0.2) is 17.3 Å². The monoisotopic (exact) mass is 397 g/mol. The molecular formula is C20H23N5O4. The lowest BCUT2D eigenvalue weighted by molar-refractivity contribution is 0.102. The van der Waals surface area contributed by atoms with Crippen LogP contribution in [0.3, 0.4) is 0 Å². The Morgan fingerprint density at radius 2 is 1.79 bits per heavy atom. The van der Waals surface area contributed by atoms with Crippen LogP contribution in [0.4, 0.5) is 5.69 Å². The second-order valence-corrected chi connectivity index (χ2v) is 6.47. The molecule has 29 heavy (non-hydrogen) atoms. The van der Waals surface area contributed by atoms with Gasteiger partial charge in [0.2, 0.25) is 0 Å². The molecule has 3 aromatic rings. The maximum absolute atomic E-state index is 12.5. The van der Waals surface area contributed by atoms with Crippen molar-refractivity contribution in [1.29, 1.82) is 0 Å². The van der Waals surface area contributed by atoms with Gasteiger partial charge < -0.3 is 19.5 Å². The van der Waals surface area contributed by atoms with Gasteiger partial charge in [-0.1, -0.05) is 0 Å². The minimum atomic E-state index is -0.243. The molecular weight excluding hydrogens is 374 g/mol. The van der Waals surface area contributed by atoms with Gasteiger partial charge >= 0.3 is 0 Å². The number of anilines is 1. The van der Waals surface area contributed by atoms with E-state index in [1.807, 2.05) is 13.8 Å². The molecule has 0 atom stereocenters. The minimum absolute atomic E-state index is 0.145. The standard InChI is InChI=1S/C20H23N5O4/c1-13(2)25-19(22-23-24-25)12-29-16-8-5-14(6-9-16)20(26)21-15-7-10-17(27-3)18(11-15)28-4/h5-11,13H,12H2,1-4H3,(H,21,26). The number of nitrogens with zero attached hydrogens (tertiary/aromatic N) is 4. The Morgan fingerprint density at radius 3 is 2.45 bits per heavy atom. The van der Waals surface area contributed by atoms with Crippen molar-refractivity contribution in [2.45, 2.75) is 26.5 Å². The Morgan fingerprint density at radius 1 is 1.07 bits per heavy atom. The van der Waals surface area contributed by atoms with Crippen LogP contribution in [0.5, 0.6) is 17.2 Å². The van der Waals surface area contributed by atoms with Gasteiger partial charge in [-0.05, 0) is 60.7 Å². The molecule has 9 heteroatoms. The second-order valence-electron chi connectivity index (χ2n) is 6.47. The fourth-order valence-electron chi connectivity index (χ4n) is 2.68. The van der Waals surface area contributed by atoms with Crippen LogP contribution in [0.25, 0.3) is 0 Å². The molecule has 1 aromatic heterocycles. The second kappa shape index (κ2) is 9.05. The highest BCUT2D eigenvalue weighted by Gasteiger charge is 2.11. The highest BCUT2D eigenvalue weighted by Crippen LogP contribution is 2.30. The first-order chi connectivity index (χ1) is 14.0. The lowest BCUT2D eigenvalue weighted by Gasteiger charge is -2.11. The van der Waals surface area contributed by atoms with E-state index in [4.69, 9.17) is 14.2 Å². The van der Waals surface area contributed by atoms with Crippen molar-refractivity contribution in [2.75, 3.05) is 19.5 Å². The molecule has 0 aliphatic carbocycles. The molecule has 0 spiro atoms. The van der Waals surface area contributed by atoms with Crippen LogP contribution in [0.15, 0.2) is 42.5 Å². The van der Waals surface area contributed by atoms with E-state index in [2.05, 4.69) is 20.8 Å². The SMILES string of the molecule is COc1ccc(NC(=O)c2ccc(OCc3nnnn3C(C)C)cc2)cc1OC. The lowest BCUT2D eigenvalue weighted by Crippen LogP contribution is -2.12. The Hall–Kier alpha value is -3.62. The Balaban J connectivity index is 1.62. The summed E-state index contributed by atoms with van der Waals surface area (Å²) in [6, 6.07) is 12.2.